The van der Waals surface area contributed by atoms with E-state index in [2.05, 4.69) is 41.9 Å². The number of piperazine rings is 1. The summed E-state index contributed by atoms with van der Waals surface area (Å²) in [6.07, 6.45) is 3.94. The lowest BCUT2D eigenvalue weighted by atomic mass is 10.3. The van der Waals surface area contributed by atoms with Gasteiger partial charge in [0.25, 0.3) is 0 Å². The Morgan fingerprint density at radius 1 is 1.21 bits per heavy atom. The van der Waals surface area contributed by atoms with Crippen LogP contribution in [0.15, 0.2) is 40.3 Å². The maximum absolute atomic E-state index is 12.5. The van der Waals surface area contributed by atoms with Gasteiger partial charge in [0.05, 0.1) is 6.54 Å². The summed E-state index contributed by atoms with van der Waals surface area (Å²) in [5.41, 5.74) is 1.19. The van der Waals surface area contributed by atoms with Gasteiger partial charge in [-0.25, -0.2) is 15.0 Å². The molecular formula is C19H27N7OS. The second-order valence-corrected chi connectivity index (χ2v) is 7.20. The third-order valence-electron chi connectivity index (χ3n) is 4.44. The number of aromatic nitrogens is 2. The second kappa shape index (κ2) is 10.6. The number of hydrogen-bond donors (Lipinski definition) is 2. The number of amides is 1. The van der Waals surface area contributed by atoms with E-state index in [1.807, 2.05) is 23.3 Å². The fourth-order valence-electron chi connectivity index (χ4n) is 2.95. The number of hydrogen-bond acceptors (Lipinski definition) is 6. The molecule has 3 rings (SSSR count). The molecule has 1 aliphatic heterocycles. The number of guanidine groups is 1. The van der Waals surface area contributed by atoms with Crippen molar-refractivity contribution in [1.82, 2.24) is 25.5 Å². The minimum absolute atomic E-state index is 0.162. The zero-order valence-corrected chi connectivity index (χ0v) is 17.0. The zero-order chi connectivity index (χ0) is 19.6. The molecule has 0 unspecified atom stereocenters. The molecule has 2 aromatic heterocycles. The van der Waals surface area contributed by atoms with Crippen LogP contribution in [-0.2, 0) is 11.3 Å². The molecule has 0 saturated carbocycles. The third-order valence-corrected chi connectivity index (χ3v) is 5.17. The summed E-state index contributed by atoms with van der Waals surface area (Å²) < 4.78 is 0. The van der Waals surface area contributed by atoms with Gasteiger partial charge in [-0.3, -0.25) is 4.79 Å². The lowest BCUT2D eigenvalue weighted by molar-refractivity contribution is -0.131. The number of carbonyl (C=O) groups excluding carboxylic acids is 1. The predicted molar refractivity (Wildman–Crippen MR) is 113 cm³/mol. The van der Waals surface area contributed by atoms with Crippen LogP contribution in [0.1, 0.15) is 18.9 Å². The Morgan fingerprint density at radius 2 is 2.00 bits per heavy atom. The Bertz CT molecular complexity index is 743. The van der Waals surface area contributed by atoms with Crippen molar-refractivity contribution in [2.24, 2.45) is 4.99 Å². The van der Waals surface area contributed by atoms with Gasteiger partial charge >= 0.3 is 0 Å². The Balaban J connectivity index is 1.40. The Kier molecular flexibility index (Phi) is 7.60. The highest BCUT2D eigenvalue weighted by Crippen LogP contribution is 2.10. The smallest absolute Gasteiger partial charge is 0.225 e. The first-order chi connectivity index (χ1) is 13.8. The molecule has 1 saturated heterocycles. The van der Waals surface area contributed by atoms with Crippen molar-refractivity contribution >= 4 is 29.2 Å². The van der Waals surface area contributed by atoms with E-state index in [0.717, 1.165) is 31.5 Å². The van der Waals surface area contributed by atoms with Crippen molar-refractivity contribution in [2.45, 2.75) is 19.9 Å². The number of thiophene rings is 1. The molecule has 1 amide bonds. The molecule has 2 N–H and O–H groups in total. The fourth-order valence-corrected chi connectivity index (χ4v) is 3.61. The van der Waals surface area contributed by atoms with Gasteiger partial charge in [0, 0.05) is 58.1 Å². The summed E-state index contributed by atoms with van der Waals surface area (Å²) >= 11 is 1.67. The van der Waals surface area contributed by atoms with E-state index in [-0.39, 0.29) is 5.91 Å². The molecule has 0 spiro atoms. The van der Waals surface area contributed by atoms with E-state index >= 15 is 0 Å². The van der Waals surface area contributed by atoms with Gasteiger partial charge < -0.3 is 20.4 Å². The molecule has 1 fully saturated rings. The predicted octanol–water partition coefficient (Wildman–Crippen LogP) is 1.33. The largest absolute Gasteiger partial charge is 0.357 e. The number of carbonyl (C=O) groups is 1. The normalized spacial score (nSPS) is 14.8. The average Bonchev–Trinajstić information content (AvgIpc) is 3.26. The summed E-state index contributed by atoms with van der Waals surface area (Å²) in [5, 5.41) is 10.6. The van der Waals surface area contributed by atoms with E-state index < -0.39 is 0 Å². The van der Waals surface area contributed by atoms with Crippen molar-refractivity contribution < 1.29 is 4.79 Å². The monoisotopic (exact) mass is 401 g/mol. The maximum atomic E-state index is 12.5. The van der Waals surface area contributed by atoms with Crippen molar-refractivity contribution in [1.29, 1.82) is 0 Å². The van der Waals surface area contributed by atoms with Gasteiger partial charge in [0.1, 0.15) is 0 Å². The summed E-state index contributed by atoms with van der Waals surface area (Å²) in [6.45, 7) is 6.93. The van der Waals surface area contributed by atoms with E-state index in [4.69, 9.17) is 0 Å². The van der Waals surface area contributed by atoms with Crippen LogP contribution >= 0.6 is 11.3 Å². The first kappa shape index (κ1) is 20.1. The minimum atomic E-state index is 0.162. The molecule has 1 aliphatic rings. The van der Waals surface area contributed by atoms with Crippen molar-refractivity contribution in [3.05, 3.63) is 40.8 Å². The first-order valence-corrected chi connectivity index (χ1v) is 10.5. The molecule has 2 aromatic rings. The molecule has 0 aliphatic carbocycles. The van der Waals surface area contributed by atoms with Gasteiger partial charge in [0.15, 0.2) is 5.96 Å². The highest BCUT2D eigenvalue weighted by Gasteiger charge is 2.22. The Labute approximate surface area is 169 Å². The van der Waals surface area contributed by atoms with Crippen molar-refractivity contribution in [3.8, 4) is 0 Å². The van der Waals surface area contributed by atoms with Crippen LogP contribution in [0.25, 0.3) is 0 Å². The second-order valence-electron chi connectivity index (χ2n) is 6.42. The molecule has 0 aromatic carbocycles. The minimum Gasteiger partial charge on any atom is -0.357 e. The molecule has 9 heteroatoms. The van der Waals surface area contributed by atoms with Crippen LogP contribution in [0.5, 0.6) is 0 Å². The maximum Gasteiger partial charge on any atom is 0.225 e. The van der Waals surface area contributed by atoms with Gasteiger partial charge in [-0.1, -0.05) is 0 Å². The van der Waals surface area contributed by atoms with Crippen molar-refractivity contribution in [3.63, 3.8) is 0 Å². The lowest BCUT2D eigenvalue weighted by Crippen LogP contribution is -2.50. The standard InChI is InChI=1S/C19H27N7OS/c1-2-20-18(24-14-16-5-13-28-15-16)21-8-4-17(27)25-9-11-26(12-10-25)19-22-6-3-7-23-19/h3,5-7,13,15H,2,4,8-12,14H2,1H3,(H2,20,21,24). The summed E-state index contributed by atoms with van der Waals surface area (Å²) in [5.74, 6) is 1.63. The molecule has 3 heterocycles. The van der Waals surface area contributed by atoms with E-state index in [9.17, 15) is 4.79 Å². The van der Waals surface area contributed by atoms with Crippen molar-refractivity contribution in [2.75, 3.05) is 44.2 Å². The van der Waals surface area contributed by atoms with Gasteiger partial charge in [0.2, 0.25) is 11.9 Å². The van der Waals surface area contributed by atoms with Crippen LogP contribution < -0.4 is 15.5 Å². The van der Waals surface area contributed by atoms with Gasteiger partial charge in [-0.05, 0) is 35.4 Å². The molecule has 28 heavy (non-hydrogen) atoms. The van der Waals surface area contributed by atoms with Crippen LogP contribution in [-0.4, -0.2) is 66.0 Å². The third kappa shape index (κ3) is 5.91. The number of anilines is 1. The van der Waals surface area contributed by atoms with Gasteiger partial charge in [-0.15, -0.1) is 0 Å². The van der Waals surface area contributed by atoms with E-state index in [0.29, 0.717) is 32.6 Å². The van der Waals surface area contributed by atoms with Crippen LogP contribution in [0.3, 0.4) is 0 Å². The number of nitrogens with one attached hydrogen (secondary N) is 2. The number of nitrogens with zero attached hydrogens (tertiary/aromatic N) is 5. The SMILES string of the molecule is CCNC(=NCc1ccsc1)NCCC(=O)N1CCN(c2ncccn2)CC1. The first-order valence-electron chi connectivity index (χ1n) is 9.59. The summed E-state index contributed by atoms with van der Waals surface area (Å²) in [7, 11) is 0. The molecule has 0 bridgehead atoms. The molecule has 0 radical (unpaired) electrons. The van der Waals surface area contributed by atoms with Crippen LogP contribution in [0.2, 0.25) is 0 Å². The average molecular weight is 402 g/mol. The van der Waals surface area contributed by atoms with E-state index in [1.165, 1.54) is 5.56 Å². The molecule has 0 atom stereocenters. The summed E-state index contributed by atoms with van der Waals surface area (Å²) in [6, 6.07) is 3.88. The van der Waals surface area contributed by atoms with Crippen LogP contribution in [0.4, 0.5) is 5.95 Å². The molecular weight excluding hydrogens is 374 g/mol. The lowest BCUT2D eigenvalue weighted by Gasteiger charge is -2.34. The molecule has 150 valence electrons. The topological polar surface area (TPSA) is 85.8 Å². The highest BCUT2D eigenvalue weighted by atomic mass is 32.1. The molecule has 8 nitrogen and oxygen atoms in total. The Morgan fingerprint density at radius 3 is 2.68 bits per heavy atom. The Hall–Kier alpha value is -2.68. The summed E-state index contributed by atoms with van der Waals surface area (Å²) in [4.78, 5) is 29.6. The quantitative estimate of drug-likeness (QED) is 0.538. The fraction of sp³-hybridized carbons (Fsp3) is 0.474. The highest BCUT2D eigenvalue weighted by molar-refractivity contribution is 7.07. The zero-order valence-electron chi connectivity index (χ0n) is 16.2. The number of rotatable bonds is 7. The van der Waals surface area contributed by atoms with Gasteiger partial charge in [-0.2, -0.15) is 11.3 Å². The number of aliphatic imine (C=N–C) groups is 1. The van der Waals surface area contributed by atoms with Crippen LogP contribution in [0, 0.1) is 0 Å². The van der Waals surface area contributed by atoms with E-state index in [1.54, 1.807) is 23.7 Å².